The van der Waals surface area contributed by atoms with Crippen LogP contribution in [0.15, 0.2) is 24.3 Å². The first-order valence-corrected chi connectivity index (χ1v) is 7.74. The van der Waals surface area contributed by atoms with Gasteiger partial charge in [-0.15, -0.1) is 0 Å². The molecule has 0 saturated heterocycles. The molecule has 0 bridgehead atoms. The molecule has 0 aliphatic heterocycles. The minimum atomic E-state index is -0.190. The summed E-state index contributed by atoms with van der Waals surface area (Å²) < 4.78 is 0. The summed E-state index contributed by atoms with van der Waals surface area (Å²) >= 11 is 6.11. The molecule has 1 nitrogen and oxygen atoms in total. The van der Waals surface area contributed by atoms with E-state index in [9.17, 15) is 0 Å². The summed E-state index contributed by atoms with van der Waals surface area (Å²) in [4.78, 5) is 0. The maximum absolute atomic E-state index is 6.70. The summed E-state index contributed by atoms with van der Waals surface area (Å²) in [7, 11) is 0. The third kappa shape index (κ3) is 3.52. The highest BCUT2D eigenvalue weighted by Crippen LogP contribution is 2.42. The smallest absolute Gasteiger partial charge is 0.0410 e. The molecular formula is C17H26ClN. The molecule has 2 rings (SSSR count). The lowest BCUT2D eigenvalue weighted by molar-refractivity contribution is 0.211. The highest BCUT2D eigenvalue weighted by molar-refractivity contribution is 6.30. The van der Waals surface area contributed by atoms with Crippen LogP contribution < -0.4 is 5.73 Å². The average Bonchev–Trinajstić information content (AvgIpc) is 2.52. The van der Waals surface area contributed by atoms with E-state index in [0.29, 0.717) is 5.41 Å². The zero-order valence-electron chi connectivity index (χ0n) is 12.4. The Morgan fingerprint density at radius 1 is 1.21 bits per heavy atom. The Balaban J connectivity index is 2.18. The van der Waals surface area contributed by atoms with E-state index in [-0.39, 0.29) is 5.54 Å². The Kier molecular flexibility index (Phi) is 4.27. The first-order valence-electron chi connectivity index (χ1n) is 7.36. The van der Waals surface area contributed by atoms with Crippen LogP contribution in [0, 0.1) is 11.3 Å². The van der Waals surface area contributed by atoms with Crippen molar-refractivity contribution in [2.24, 2.45) is 17.1 Å². The minimum Gasteiger partial charge on any atom is -0.321 e. The summed E-state index contributed by atoms with van der Waals surface area (Å²) in [5.41, 5.74) is 8.10. The molecule has 2 unspecified atom stereocenters. The van der Waals surface area contributed by atoms with Crippen molar-refractivity contribution in [2.75, 3.05) is 0 Å². The topological polar surface area (TPSA) is 26.0 Å². The molecule has 0 radical (unpaired) electrons. The van der Waals surface area contributed by atoms with Gasteiger partial charge >= 0.3 is 0 Å². The molecule has 1 aromatic rings. The summed E-state index contributed by atoms with van der Waals surface area (Å²) in [5, 5.41) is 0.791. The van der Waals surface area contributed by atoms with Gasteiger partial charge in [0.1, 0.15) is 0 Å². The predicted molar refractivity (Wildman–Crippen MR) is 83.3 cm³/mol. The molecule has 1 aliphatic carbocycles. The van der Waals surface area contributed by atoms with Crippen LogP contribution in [0.2, 0.25) is 5.02 Å². The molecule has 1 aromatic carbocycles. The lowest BCUT2D eigenvalue weighted by Gasteiger charge is -2.32. The molecule has 0 amide bonds. The SMILES string of the molecule is CC(C)(C)C1CCCC(N)(c2cccc(Cl)c2)CC1. The van der Waals surface area contributed by atoms with Gasteiger partial charge in [0.05, 0.1) is 0 Å². The monoisotopic (exact) mass is 279 g/mol. The Bertz CT molecular complexity index is 435. The highest BCUT2D eigenvalue weighted by atomic mass is 35.5. The molecule has 106 valence electrons. The van der Waals surface area contributed by atoms with Crippen LogP contribution in [0.1, 0.15) is 58.4 Å². The van der Waals surface area contributed by atoms with Crippen LogP contribution in [-0.2, 0) is 5.54 Å². The Morgan fingerprint density at radius 3 is 2.58 bits per heavy atom. The number of rotatable bonds is 1. The fourth-order valence-electron chi connectivity index (χ4n) is 3.32. The Hall–Kier alpha value is -0.530. The van der Waals surface area contributed by atoms with Crippen LogP contribution in [0.5, 0.6) is 0 Å². The van der Waals surface area contributed by atoms with E-state index in [1.165, 1.54) is 24.8 Å². The molecule has 2 heteroatoms. The van der Waals surface area contributed by atoms with Crippen molar-refractivity contribution in [2.45, 2.75) is 58.4 Å². The van der Waals surface area contributed by atoms with E-state index in [2.05, 4.69) is 26.8 Å². The van der Waals surface area contributed by atoms with E-state index in [0.717, 1.165) is 23.8 Å². The van der Waals surface area contributed by atoms with E-state index < -0.39 is 0 Å². The van der Waals surface area contributed by atoms with Gasteiger partial charge in [-0.3, -0.25) is 0 Å². The zero-order valence-corrected chi connectivity index (χ0v) is 13.1. The minimum absolute atomic E-state index is 0.190. The fraction of sp³-hybridized carbons (Fsp3) is 0.647. The standard InChI is InChI=1S/C17H26ClN/c1-16(2,3)13-7-5-10-17(19,11-9-13)14-6-4-8-15(18)12-14/h4,6,8,12-13H,5,7,9-11,19H2,1-3H3. The van der Waals surface area contributed by atoms with Crippen LogP contribution in [-0.4, -0.2) is 0 Å². The van der Waals surface area contributed by atoms with Gasteiger partial charge in [0, 0.05) is 10.6 Å². The van der Waals surface area contributed by atoms with E-state index in [4.69, 9.17) is 17.3 Å². The van der Waals surface area contributed by atoms with Crippen LogP contribution >= 0.6 is 11.6 Å². The molecule has 19 heavy (non-hydrogen) atoms. The van der Waals surface area contributed by atoms with E-state index >= 15 is 0 Å². The van der Waals surface area contributed by atoms with Gasteiger partial charge in [-0.2, -0.15) is 0 Å². The average molecular weight is 280 g/mol. The number of nitrogens with two attached hydrogens (primary N) is 1. The maximum atomic E-state index is 6.70. The molecule has 1 saturated carbocycles. The van der Waals surface area contributed by atoms with Gasteiger partial charge in [0.25, 0.3) is 0 Å². The van der Waals surface area contributed by atoms with Crippen molar-refractivity contribution >= 4 is 11.6 Å². The molecule has 1 fully saturated rings. The van der Waals surface area contributed by atoms with Crippen molar-refractivity contribution < 1.29 is 0 Å². The van der Waals surface area contributed by atoms with Crippen molar-refractivity contribution in [3.63, 3.8) is 0 Å². The molecule has 0 spiro atoms. The Labute approximate surface area is 122 Å². The number of halogens is 1. The van der Waals surface area contributed by atoms with E-state index in [1.54, 1.807) is 0 Å². The van der Waals surface area contributed by atoms with Gasteiger partial charge in [0.2, 0.25) is 0 Å². The summed E-state index contributed by atoms with van der Waals surface area (Å²) in [6.45, 7) is 7.04. The van der Waals surface area contributed by atoms with Crippen molar-refractivity contribution in [3.05, 3.63) is 34.9 Å². The largest absolute Gasteiger partial charge is 0.321 e. The number of hydrogen-bond donors (Lipinski definition) is 1. The maximum Gasteiger partial charge on any atom is 0.0410 e. The van der Waals surface area contributed by atoms with Gasteiger partial charge < -0.3 is 5.73 Å². The summed E-state index contributed by atoms with van der Waals surface area (Å²) in [6, 6.07) is 8.10. The van der Waals surface area contributed by atoms with Crippen LogP contribution in [0.3, 0.4) is 0 Å². The molecule has 0 heterocycles. The zero-order chi connectivity index (χ0) is 14.1. The second-order valence-corrected chi connectivity index (χ2v) is 7.60. The first-order chi connectivity index (χ1) is 8.81. The highest BCUT2D eigenvalue weighted by Gasteiger charge is 2.34. The fourth-order valence-corrected chi connectivity index (χ4v) is 3.51. The van der Waals surface area contributed by atoms with Gasteiger partial charge in [-0.05, 0) is 54.7 Å². The van der Waals surface area contributed by atoms with E-state index in [1.807, 2.05) is 18.2 Å². The lowest BCUT2D eigenvalue weighted by atomic mass is 9.75. The first kappa shape index (κ1) is 14.9. The molecule has 1 aliphatic rings. The second kappa shape index (κ2) is 5.46. The summed E-state index contributed by atoms with van der Waals surface area (Å²) in [5.74, 6) is 0.775. The second-order valence-electron chi connectivity index (χ2n) is 7.16. The van der Waals surface area contributed by atoms with Crippen molar-refractivity contribution in [1.29, 1.82) is 0 Å². The molecule has 0 aromatic heterocycles. The van der Waals surface area contributed by atoms with Crippen LogP contribution in [0.4, 0.5) is 0 Å². The van der Waals surface area contributed by atoms with Gasteiger partial charge in [0.15, 0.2) is 0 Å². The van der Waals surface area contributed by atoms with Gasteiger partial charge in [-0.25, -0.2) is 0 Å². The molecule has 2 atom stereocenters. The Morgan fingerprint density at radius 2 is 1.95 bits per heavy atom. The van der Waals surface area contributed by atoms with Gasteiger partial charge in [-0.1, -0.05) is 50.9 Å². The number of benzene rings is 1. The van der Waals surface area contributed by atoms with Crippen LogP contribution in [0.25, 0.3) is 0 Å². The molecular weight excluding hydrogens is 254 g/mol. The summed E-state index contributed by atoms with van der Waals surface area (Å²) in [6.07, 6.45) is 5.86. The van der Waals surface area contributed by atoms with Crippen molar-refractivity contribution in [3.8, 4) is 0 Å². The predicted octanol–water partition coefficient (Wildman–Crippen LogP) is 5.12. The lowest BCUT2D eigenvalue weighted by Crippen LogP contribution is -2.36. The molecule has 2 N–H and O–H groups in total. The quantitative estimate of drug-likeness (QED) is 0.710. The number of hydrogen-bond acceptors (Lipinski definition) is 1. The van der Waals surface area contributed by atoms with Crippen molar-refractivity contribution in [1.82, 2.24) is 0 Å². The third-order valence-electron chi connectivity index (χ3n) is 4.74. The third-order valence-corrected chi connectivity index (χ3v) is 4.97. The normalized spacial score (nSPS) is 29.0.